The summed E-state index contributed by atoms with van der Waals surface area (Å²) >= 11 is 0. The Labute approximate surface area is 213 Å². The van der Waals surface area contributed by atoms with Crippen molar-refractivity contribution in [2.45, 2.75) is 13.8 Å². The fraction of sp³-hybridized carbons (Fsp3) is 0.286. The molecule has 0 unspecified atom stereocenters. The molecule has 6 nitrogen and oxygen atoms in total. The minimum absolute atomic E-state index is 0.0687. The van der Waals surface area contributed by atoms with Gasteiger partial charge >= 0.3 is 0 Å². The number of para-hydroxylation sites is 1. The van der Waals surface area contributed by atoms with E-state index in [4.69, 9.17) is 4.74 Å². The highest BCUT2D eigenvalue weighted by Gasteiger charge is 2.25. The predicted octanol–water partition coefficient (Wildman–Crippen LogP) is 5.61. The van der Waals surface area contributed by atoms with E-state index >= 15 is 8.78 Å². The number of piperazine rings is 1. The van der Waals surface area contributed by atoms with Crippen LogP contribution in [0, 0.1) is 31.3 Å². The van der Waals surface area contributed by atoms with Crippen LogP contribution in [-0.2, 0) is 0 Å². The number of aromatic nitrogens is 2. The van der Waals surface area contributed by atoms with E-state index in [0.717, 1.165) is 32.0 Å². The molecule has 0 atom stereocenters. The highest BCUT2D eigenvalue weighted by atomic mass is 19.1. The lowest BCUT2D eigenvalue weighted by atomic mass is 10.1. The Bertz CT molecular complexity index is 1410. The Kier molecular flexibility index (Phi) is 7.14. The van der Waals surface area contributed by atoms with E-state index in [1.807, 2.05) is 36.4 Å². The molecule has 1 saturated heterocycles. The molecule has 3 heterocycles. The highest BCUT2D eigenvalue weighted by Crippen LogP contribution is 2.37. The van der Waals surface area contributed by atoms with Gasteiger partial charge in [0.1, 0.15) is 18.1 Å². The van der Waals surface area contributed by atoms with Crippen LogP contribution in [-0.4, -0.2) is 54.2 Å². The van der Waals surface area contributed by atoms with Crippen LogP contribution in [0.3, 0.4) is 0 Å². The number of hydrogen-bond donors (Lipinski definition) is 1. The minimum Gasteiger partial charge on any atom is -0.486 e. The van der Waals surface area contributed by atoms with Crippen molar-refractivity contribution in [3.63, 3.8) is 0 Å². The topological polar surface area (TPSA) is 53.5 Å². The van der Waals surface area contributed by atoms with Crippen molar-refractivity contribution in [3.05, 3.63) is 83.4 Å². The number of anilines is 3. The van der Waals surface area contributed by atoms with Crippen molar-refractivity contribution in [1.82, 2.24) is 14.9 Å². The van der Waals surface area contributed by atoms with Crippen LogP contribution in [0.4, 0.5) is 30.4 Å². The summed E-state index contributed by atoms with van der Waals surface area (Å²) in [6.45, 7) is 6.76. The maximum atomic E-state index is 15.5. The molecule has 2 aromatic carbocycles. The van der Waals surface area contributed by atoms with Crippen LogP contribution in [0.5, 0.6) is 5.75 Å². The summed E-state index contributed by atoms with van der Waals surface area (Å²) in [6.07, 6.45) is 1.77. The summed E-state index contributed by atoms with van der Waals surface area (Å²) in [5.74, 6) is -2.77. The van der Waals surface area contributed by atoms with Gasteiger partial charge < -0.3 is 15.0 Å². The zero-order chi connectivity index (χ0) is 25.9. The van der Waals surface area contributed by atoms with Gasteiger partial charge in [-0.1, -0.05) is 24.3 Å². The fourth-order valence-corrected chi connectivity index (χ4v) is 4.56. The maximum absolute atomic E-state index is 15.5. The van der Waals surface area contributed by atoms with Gasteiger partial charge in [0.15, 0.2) is 23.2 Å². The van der Waals surface area contributed by atoms with Crippen molar-refractivity contribution < 1.29 is 17.9 Å². The molecule has 0 saturated carbocycles. The molecule has 1 aliphatic heterocycles. The van der Waals surface area contributed by atoms with Gasteiger partial charge in [0.2, 0.25) is 0 Å². The van der Waals surface area contributed by atoms with E-state index in [1.165, 1.54) is 6.92 Å². The first-order valence-corrected chi connectivity index (χ1v) is 12.2. The molecule has 1 aliphatic rings. The van der Waals surface area contributed by atoms with Crippen molar-refractivity contribution >= 4 is 28.1 Å². The molecule has 0 bridgehead atoms. The van der Waals surface area contributed by atoms with Crippen LogP contribution in [0.2, 0.25) is 0 Å². The minimum atomic E-state index is -1.10. The first kappa shape index (κ1) is 24.8. The summed E-state index contributed by atoms with van der Waals surface area (Å²) in [4.78, 5) is 13.2. The lowest BCUT2D eigenvalue weighted by molar-refractivity contribution is 0.191. The molecule has 0 aliphatic carbocycles. The number of rotatable bonds is 7. The van der Waals surface area contributed by atoms with Gasteiger partial charge in [-0.25, -0.2) is 18.2 Å². The zero-order valence-electron chi connectivity index (χ0n) is 20.8. The SMILES string of the molecule is Cc1cc(Nc2c(F)c(C)c(F)c(OCCN3CCN(c4ccccn4)CC3)c2F)c2ccccc2n1. The third-order valence-corrected chi connectivity index (χ3v) is 6.60. The van der Waals surface area contributed by atoms with Gasteiger partial charge in [-0.05, 0) is 38.1 Å². The predicted molar refractivity (Wildman–Crippen MR) is 139 cm³/mol. The Morgan fingerprint density at radius 1 is 0.919 bits per heavy atom. The first-order valence-electron chi connectivity index (χ1n) is 12.2. The van der Waals surface area contributed by atoms with Gasteiger partial charge in [-0.15, -0.1) is 0 Å². The third-order valence-electron chi connectivity index (χ3n) is 6.60. The van der Waals surface area contributed by atoms with Gasteiger partial charge in [-0.3, -0.25) is 9.88 Å². The second kappa shape index (κ2) is 10.6. The lowest BCUT2D eigenvalue weighted by Crippen LogP contribution is -2.47. The Morgan fingerprint density at radius 3 is 2.43 bits per heavy atom. The fourth-order valence-electron chi connectivity index (χ4n) is 4.56. The molecule has 2 aromatic heterocycles. The molecule has 0 radical (unpaired) electrons. The van der Waals surface area contributed by atoms with Crippen LogP contribution < -0.4 is 15.0 Å². The van der Waals surface area contributed by atoms with E-state index in [0.29, 0.717) is 28.8 Å². The van der Waals surface area contributed by atoms with Crippen molar-refractivity contribution in [2.75, 3.05) is 49.5 Å². The van der Waals surface area contributed by atoms with Crippen LogP contribution >= 0.6 is 0 Å². The molecule has 9 heteroatoms. The summed E-state index contributed by atoms with van der Waals surface area (Å²) in [7, 11) is 0. The van der Waals surface area contributed by atoms with E-state index in [2.05, 4.69) is 25.1 Å². The number of fused-ring (bicyclic) bond motifs is 1. The molecular weight excluding hydrogens is 479 g/mol. The highest BCUT2D eigenvalue weighted by molar-refractivity contribution is 5.93. The van der Waals surface area contributed by atoms with Crippen molar-refractivity contribution in [2.24, 2.45) is 0 Å². The quantitative estimate of drug-likeness (QED) is 0.351. The third kappa shape index (κ3) is 5.17. The number of benzene rings is 2. The van der Waals surface area contributed by atoms with E-state index in [-0.39, 0.29) is 12.2 Å². The first-order chi connectivity index (χ1) is 17.9. The van der Waals surface area contributed by atoms with Crippen LogP contribution in [0.15, 0.2) is 54.7 Å². The summed E-state index contributed by atoms with van der Waals surface area (Å²) in [5.41, 5.74) is 1.08. The number of ether oxygens (including phenoxy) is 1. The monoisotopic (exact) mass is 507 g/mol. The Balaban J connectivity index is 1.29. The number of halogens is 3. The normalized spacial score (nSPS) is 14.2. The number of hydrogen-bond acceptors (Lipinski definition) is 6. The summed E-state index contributed by atoms with van der Waals surface area (Å²) in [6, 6.07) is 14.8. The molecule has 37 heavy (non-hydrogen) atoms. The number of aryl methyl sites for hydroxylation is 1. The molecule has 1 fully saturated rings. The number of nitrogens with zero attached hydrogens (tertiary/aromatic N) is 4. The largest absolute Gasteiger partial charge is 0.486 e. The van der Waals surface area contributed by atoms with E-state index in [1.54, 1.807) is 25.3 Å². The molecule has 0 spiro atoms. The van der Waals surface area contributed by atoms with Gasteiger partial charge in [0.25, 0.3) is 0 Å². The van der Waals surface area contributed by atoms with Gasteiger partial charge in [0, 0.05) is 61.3 Å². The average molecular weight is 508 g/mol. The average Bonchev–Trinajstić information content (AvgIpc) is 2.92. The Hall–Kier alpha value is -3.85. The van der Waals surface area contributed by atoms with Crippen LogP contribution in [0.25, 0.3) is 10.9 Å². The summed E-state index contributed by atoms with van der Waals surface area (Å²) in [5, 5.41) is 3.53. The summed E-state index contributed by atoms with van der Waals surface area (Å²) < 4.78 is 51.0. The number of nitrogens with one attached hydrogen (secondary N) is 1. The van der Waals surface area contributed by atoms with E-state index < -0.39 is 28.9 Å². The molecule has 1 N–H and O–H groups in total. The van der Waals surface area contributed by atoms with E-state index in [9.17, 15) is 4.39 Å². The maximum Gasteiger partial charge on any atom is 0.194 e. The second-order valence-electron chi connectivity index (χ2n) is 9.09. The smallest absolute Gasteiger partial charge is 0.194 e. The molecule has 5 rings (SSSR count). The molecule has 0 amide bonds. The standard InChI is InChI=1S/C28H28F3N5O/c1-18-17-22(20-7-3-4-8-21(20)33-18)34-27-24(29)19(2)25(30)28(26(27)31)37-16-15-35-11-13-36(14-12-35)23-9-5-6-10-32-23/h3-10,17H,11-16H2,1-2H3,(H,33,34). The van der Waals surface area contributed by atoms with Crippen molar-refractivity contribution in [3.8, 4) is 5.75 Å². The van der Waals surface area contributed by atoms with Gasteiger partial charge in [-0.2, -0.15) is 0 Å². The molecular formula is C28H28F3N5O. The Morgan fingerprint density at radius 2 is 1.68 bits per heavy atom. The number of pyridine rings is 2. The van der Waals surface area contributed by atoms with Crippen molar-refractivity contribution in [1.29, 1.82) is 0 Å². The molecule has 192 valence electrons. The zero-order valence-corrected chi connectivity index (χ0v) is 20.8. The van der Waals surface area contributed by atoms with Gasteiger partial charge in [0.05, 0.1) is 5.52 Å². The van der Waals surface area contributed by atoms with Crippen LogP contribution in [0.1, 0.15) is 11.3 Å². The lowest BCUT2D eigenvalue weighted by Gasteiger charge is -2.35. The second-order valence-corrected chi connectivity index (χ2v) is 9.09. The molecule has 4 aromatic rings.